The SMILES string of the molecule is Cc1ccc(OCC(=O)NNC(=O)c2c(C)nn(Cc3ccc(F)cc3)c2Cl)cc1. The van der Waals surface area contributed by atoms with E-state index in [1.807, 2.05) is 19.1 Å². The average molecular weight is 431 g/mol. The number of aryl methyl sites for hydroxylation is 2. The van der Waals surface area contributed by atoms with Gasteiger partial charge >= 0.3 is 0 Å². The molecule has 0 bridgehead atoms. The van der Waals surface area contributed by atoms with Gasteiger partial charge < -0.3 is 4.74 Å². The summed E-state index contributed by atoms with van der Waals surface area (Å²) in [7, 11) is 0. The largest absolute Gasteiger partial charge is 0.484 e. The molecule has 0 spiro atoms. The van der Waals surface area contributed by atoms with Crippen LogP contribution in [-0.2, 0) is 11.3 Å². The summed E-state index contributed by atoms with van der Waals surface area (Å²) >= 11 is 6.30. The molecule has 2 amide bonds. The van der Waals surface area contributed by atoms with E-state index in [1.165, 1.54) is 16.8 Å². The van der Waals surface area contributed by atoms with Crippen molar-refractivity contribution in [3.63, 3.8) is 0 Å². The van der Waals surface area contributed by atoms with Gasteiger partial charge in [0.25, 0.3) is 11.8 Å². The first-order valence-electron chi connectivity index (χ1n) is 9.09. The fourth-order valence-electron chi connectivity index (χ4n) is 2.69. The van der Waals surface area contributed by atoms with Crippen molar-refractivity contribution in [3.05, 3.63) is 81.9 Å². The highest BCUT2D eigenvalue weighted by Crippen LogP contribution is 2.21. The minimum absolute atomic E-state index is 0.111. The molecule has 7 nitrogen and oxygen atoms in total. The summed E-state index contributed by atoms with van der Waals surface area (Å²) in [6.45, 7) is 3.58. The highest BCUT2D eigenvalue weighted by molar-refractivity contribution is 6.33. The Morgan fingerprint density at radius 3 is 2.40 bits per heavy atom. The van der Waals surface area contributed by atoms with Crippen molar-refractivity contribution >= 4 is 23.4 Å². The number of hydrogen-bond acceptors (Lipinski definition) is 4. The smallest absolute Gasteiger partial charge is 0.276 e. The monoisotopic (exact) mass is 430 g/mol. The first-order valence-corrected chi connectivity index (χ1v) is 9.47. The summed E-state index contributed by atoms with van der Waals surface area (Å²) in [6.07, 6.45) is 0. The summed E-state index contributed by atoms with van der Waals surface area (Å²) in [4.78, 5) is 24.4. The van der Waals surface area contributed by atoms with Crippen molar-refractivity contribution in [3.8, 4) is 5.75 Å². The van der Waals surface area contributed by atoms with Gasteiger partial charge in [0.2, 0.25) is 0 Å². The van der Waals surface area contributed by atoms with E-state index in [0.717, 1.165) is 11.1 Å². The summed E-state index contributed by atoms with van der Waals surface area (Å²) < 4.78 is 19.8. The molecular formula is C21H20ClFN4O3. The Balaban J connectivity index is 1.57. The molecule has 0 aliphatic rings. The van der Waals surface area contributed by atoms with Crippen LogP contribution >= 0.6 is 11.6 Å². The summed E-state index contributed by atoms with van der Waals surface area (Å²) in [5.41, 5.74) is 6.96. The molecule has 0 unspecified atom stereocenters. The molecule has 0 saturated carbocycles. The van der Waals surface area contributed by atoms with Crippen molar-refractivity contribution in [2.24, 2.45) is 0 Å². The van der Waals surface area contributed by atoms with Crippen molar-refractivity contribution < 1.29 is 18.7 Å². The van der Waals surface area contributed by atoms with E-state index in [1.54, 1.807) is 31.2 Å². The number of carbonyl (C=O) groups is 2. The quantitative estimate of drug-likeness (QED) is 0.588. The lowest BCUT2D eigenvalue weighted by molar-refractivity contribution is -0.123. The van der Waals surface area contributed by atoms with Crippen molar-refractivity contribution in [1.29, 1.82) is 0 Å². The number of halogens is 2. The molecule has 156 valence electrons. The lowest BCUT2D eigenvalue weighted by Crippen LogP contribution is -2.44. The molecule has 3 rings (SSSR count). The van der Waals surface area contributed by atoms with Crippen LogP contribution in [0.5, 0.6) is 5.75 Å². The van der Waals surface area contributed by atoms with E-state index in [4.69, 9.17) is 16.3 Å². The zero-order valence-corrected chi connectivity index (χ0v) is 17.2. The van der Waals surface area contributed by atoms with E-state index < -0.39 is 11.8 Å². The predicted octanol–water partition coefficient (Wildman–Crippen LogP) is 3.18. The highest BCUT2D eigenvalue weighted by atomic mass is 35.5. The number of aromatic nitrogens is 2. The Morgan fingerprint density at radius 1 is 1.07 bits per heavy atom. The summed E-state index contributed by atoms with van der Waals surface area (Å²) in [5.74, 6) is -0.936. The Hall–Kier alpha value is -3.39. The molecule has 30 heavy (non-hydrogen) atoms. The van der Waals surface area contributed by atoms with Gasteiger partial charge in [0.15, 0.2) is 6.61 Å². The Bertz CT molecular complexity index is 1050. The van der Waals surface area contributed by atoms with Gasteiger partial charge in [0.05, 0.1) is 12.2 Å². The Morgan fingerprint density at radius 2 is 1.73 bits per heavy atom. The Labute approximate surface area is 177 Å². The molecule has 0 aliphatic heterocycles. The topological polar surface area (TPSA) is 85.2 Å². The molecule has 1 heterocycles. The zero-order chi connectivity index (χ0) is 21.7. The fourth-order valence-corrected chi connectivity index (χ4v) is 3.01. The van der Waals surface area contributed by atoms with Gasteiger partial charge in [-0.1, -0.05) is 41.4 Å². The number of rotatable bonds is 6. The number of nitrogens with one attached hydrogen (secondary N) is 2. The predicted molar refractivity (Wildman–Crippen MR) is 110 cm³/mol. The standard InChI is InChI=1S/C21H20ClFN4O3/c1-13-3-9-17(10-4-13)30-12-18(28)24-25-21(29)19-14(2)26-27(20(19)22)11-15-5-7-16(23)8-6-15/h3-10H,11-12H2,1-2H3,(H,24,28)(H,25,29). The lowest BCUT2D eigenvalue weighted by Gasteiger charge is -2.09. The molecule has 0 aliphatic carbocycles. The van der Waals surface area contributed by atoms with E-state index in [-0.39, 0.29) is 29.7 Å². The maximum Gasteiger partial charge on any atom is 0.276 e. The van der Waals surface area contributed by atoms with Crippen LogP contribution in [-0.4, -0.2) is 28.2 Å². The van der Waals surface area contributed by atoms with Crippen LogP contribution in [0.4, 0.5) is 4.39 Å². The van der Waals surface area contributed by atoms with Gasteiger partial charge in [-0.3, -0.25) is 20.4 Å². The van der Waals surface area contributed by atoms with Gasteiger partial charge in [-0.15, -0.1) is 0 Å². The minimum atomic E-state index is -0.605. The molecule has 0 fully saturated rings. The second kappa shape index (κ2) is 9.41. The molecule has 9 heteroatoms. The van der Waals surface area contributed by atoms with Crippen molar-refractivity contribution in [2.45, 2.75) is 20.4 Å². The molecule has 2 N–H and O–H groups in total. The average Bonchev–Trinajstić information content (AvgIpc) is 3.00. The lowest BCUT2D eigenvalue weighted by atomic mass is 10.2. The van der Waals surface area contributed by atoms with Crippen LogP contribution in [0, 0.1) is 19.7 Å². The van der Waals surface area contributed by atoms with Crippen molar-refractivity contribution in [2.75, 3.05) is 6.61 Å². The molecule has 3 aromatic rings. The van der Waals surface area contributed by atoms with Gasteiger partial charge in [-0.05, 0) is 43.7 Å². The van der Waals surface area contributed by atoms with E-state index >= 15 is 0 Å². The summed E-state index contributed by atoms with van der Waals surface area (Å²) in [5, 5.41) is 4.36. The van der Waals surface area contributed by atoms with Crippen LogP contribution in [0.2, 0.25) is 5.15 Å². The van der Waals surface area contributed by atoms with Gasteiger partial charge in [-0.2, -0.15) is 5.10 Å². The minimum Gasteiger partial charge on any atom is -0.484 e. The molecular weight excluding hydrogens is 411 g/mol. The van der Waals surface area contributed by atoms with Crippen LogP contribution in [0.15, 0.2) is 48.5 Å². The van der Waals surface area contributed by atoms with Crippen LogP contribution in [0.25, 0.3) is 0 Å². The Kier molecular flexibility index (Phi) is 6.68. The van der Waals surface area contributed by atoms with E-state index in [9.17, 15) is 14.0 Å². The number of carbonyl (C=O) groups excluding carboxylic acids is 2. The number of nitrogens with zero attached hydrogens (tertiary/aromatic N) is 2. The second-order valence-corrected chi connectivity index (χ2v) is 7.00. The molecule has 2 aromatic carbocycles. The molecule has 1 aromatic heterocycles. The normalized spacial score (nSPS) is 10.5. The van der Waals surface area contributed by atoms with Crippen LogP contribution < -0.4 is 15.6 Å². The van der Waals surface area contributed by atoms with Gasteiger partial charge in [0, 0.05) is 0 Å². The third kappa shape index (κ3) is 5.36. The molecule has 0 radical (unpaired) electrons. The first kappa shape index (κ1) is 21.3. The van der Waals surface area contributed by atoms with Gasteiger partial charge in [0.1, 0.15) is 22.3 Å². The number of amides is 2. The maximum atomic E-state index is 13.1. The van der Waals surface area contributed by atoms with E-state index in [2.05, 4.69) is 16.0 Å². The molecule has 0 atom stereocenters. The van der Waals surface area contributed by atoms with Crippen LogP contribution in [0.1, 0.15) is 27.2 Å². The fraction of sp³-hybridized carbons (Fsp3) is 0.190. The van der Waals surface area contributed by atoms with Crippen molar-refractivity contribution in [1.82, 2.24) is 20.6 Å². The maximum absolute atomic E-state index is 13.1. The second-order valence-electron chi connectivity index (χ2n) is 6.64. The third-order valence-corrected chi connectivity index (χ3v) is 4.63. The zero-order valence-electron chi connectivity index (χ0n) is 16.4. The number of hydrazine groups is 1. The van der Waals surface area contributed by atoms with Gasteiger partial charge in [-0.25, -0.2) is 9.07 Å². The van der Waals surface area contributed by atoms with Crippen LogP contribution in [0.3, 0.4) is 0 Å². The molecule has 0 saturated heterocycles. The van der Waals surface area contributed by atoms with E-state index in [0.29, 0.717) is 11.4 Å². The summed E-state index contributed by atoms with van der Waals surface area (Å²) in [6, 6.07) is 13.1. The third-order valence-electron chi connectivity index (χ3n) is 4.24. The number of ether oxygens (including phenoxy) is 1. The number of hydrogen-bond donors (Lipinski definition) is 2. The first-order chi connectivity index (χ1) is 14.3. The highest BCUT2D eigenvalue weighted by Gasteiger charge is 2.21. The number of benzene rings is 2.